The molecule has 0 amide bonds. The maximum atomic E-state index is 13.4. The first-order chi connectivity index (χ1) is 9.19. The van der Waals surface area contributed by atoms with E-state index in [1.165, 1.54) is 5.56 Å². The summed E-state index contributed by atoms with van der Waals surface area (Å²) in [7, 11) is 0. The van der Waals surface area contributed by atoms with Crippen LogP contribution in [0.2, 0.25) is 0 Å². The fourth-order valence-corrected chi connectivity index (χ4v) is 2.87. The van der Waals surface area contributed by atoms with Crippen LogP contribution in [-0.4, -0.2) is 42.5 Å². The van der Waals surface area contributed by atoms with Gasteiger partial charge < -0.3 is 10.6 Å². The minimum absolute atomic E-state index is 0.164. The second-order valence-electron chi connectivity index (χ2n) is 5.09. The van der Waals surface area contributed by atoms with Gasteiger partial charge in [0.15, 0.2) is 0 Å². The predicted molar refractivity (Wildman–Crippen MR) is 76.4 cm³/mol. The molecule has 0 bridgehead atoms. The van der Waals surface area contributed by atoms with Gasteiger partial charge in [0, 0.05) is 32.2 Å². The van der Waals surface area contributed by atoms with Crippen LogP contribution in [0.25, 0.3) is 0 Å². The molecule has 19 heavy (non-hydrogen) atoms. The van der Waals surface area contributed by atoms with E-state index in [2.05, 4.69) is 23.6 Å². The highest BCUT2D eigenvalue weighted by Gasteiger charge is 2.29. The van der Waals surface area contributed by atoms with Gasteiger partial charge in [0.1, 0.15) is 5.82 Å². The van der Waals surface area contributed by atoms with E-state index in [9.17, 15) is 4.39 Å². The highest BCUT2D eigenvalue weighted by molar-refractivity contribution is 5.34. The molecule has 0 fully saturated rings. The summed E-state index contributed by atoms with van der Waals surface area (Å²) >= 11 is 0. The second kappa shape index (κ2) is 6.46. The summed E-state index contributed by atoms with van der Waals surface area (Å²) < 4.78 is 13.4. The van der Waals surface area contributed by atoms with E-state index in [-0.39, 0.29) is 11.9 Å². The SMILES string of the molecule is CCN(CC)CCN1Cc2ccc(F)cc2C1CN. The summed E-state index contributed by atoms with van der Waals surface area (Å²) in [5, 5.41) is 0. The smallest absolute Gasteiger partial charge is 0.123 e. The van der Waals surface area contributed by atoms with Crippen molar-refractivity contribution in [3.05, 3.63) is 35.1 Å². The zero-order valence-electron chi connectivity index (χ0n) is 11.9. The Kier molecular flexibility index (Phi) is 4.91. The molecule has 106 valence electrons. The van der Waals surface area contributed by atoms with E-state index in [1.807, 2.05) is 6.07 Å². The van der Waals surface area contributed by atoms with E-state index in [1.54, 1.807) is 12.1 Å². The van der Waals surface area contributed by atoms with Crippen LogP contribution in [0, 0.1) is 5.82 Å². The van der Waals surface area contributed by atoms with E-state index >= 15 is 0 Å². The van der Waals surface area contributed by atoms with Crippen LogP contribution in [0.15, 0.2) is 18.2 Å². The van der Waals surface area contributed by atoms with Crippen molar-refractivity contribution < 1.29 is 4.39 Å². The minimum atomic E-state index is -0.164. The minimum Gasteiger partial charge on any atom is -0.329 e. The van der Waals surface area contributed by atoms with Crippen LogP contribution in [-0.2, 0) is 6.54 Å². The molecular weight excluding hydrogens is 241 g/mol. The normalized spacial score (nSPS) is 19.1. The van der Waals surface area contributed by atoms with Crippen molar-refractivity contribution in [2.75, 3.05) is 32.7 Å². The molecule has 0 spiro atoms. The van der Waals surface area contributed by atoms with Gasteiger partial charge in [-0.1, -0.05) is 19.9 Å². The molecule has 3 nitrogen and oxygen atoms in total. The molecule has 0 aliphatic carbocycles. The molecule has 1 atom stereocenters. The quantitative estimate of drug-likeness (QED) is 0.853. The van der Waals surface area contributed by atoms with Crippen molar-refractivity contribution in [2.45, 2.75) is 26.4 Å². The predicted octanol–water partition coefficient (Wildman–Crippen LogP) is 1.98. The summed E-state index contributed by atoms with van der Waals surface area (Å²) in [6.45, 7) is 9.96. The maximum Gasteiger partial charge on any atom is 0.123 e. The number of hydrogen-bond donors (Lipinski definition) is 1. The topological polar surface area (TPSA) is 32.5 Å². The largest absolute Gasteiger partial charge is 0.329 e. The van der Waals surface area contributed by atoms with Gasteiger partial charge in [0.05, 0.1) is 0 Å². The first kappa shape index (κ1) is 14.4. The third-order valence-electron chi connectivity index (χ3n) is 4.10. The Morgan fingerprint density at radius 1 is 1.37 bits per heavy atom. The number of nitrogens with two attached hydrogens (primary N) is 1. The standard InChI is InChI=1S/C15H24FN3/c1-3-18(4-2)7-8-19-11-12-5-6-13(16)9-14(12)15(19)10-17/h5-6,9,15H,3-4,7-8,10-11,17H2,1-2H3. The van der Waals surface area contributed by atoms with Gasteiger partial charge in [0.2, 0.25) is 0 Å². The Hall–Kier alpha value is -0.970. The molecule has 0 saturated heterocycles. The van der Waals surface area contributed by atoms with Crippen molar-refractivity contribution in [2.24, 2.45) is 5.73 Å². The summed E-state index contributed by atoms with van der Waals surface area (Å²) in [4.78, 5) is 4.76. The number of fused-ring (bicyclic) bond motifs is 1. The number of nitrogens with zero attached hydrogens (tertiary/aromatic N) is 2. The third kappa shape index (κ3) is 3.14. The lowest BCUT2D eigenvalue weighted by Crippen LogP contribution is -2.36. The molecule has 0 aromatic heterocycles. The molecule has 1 aromatic carbocycles. The Bertz CT molecular complexity index is 418. The summed E-state index contributed by atoms with van der Waals surface area (Å²) in [5.41, 5.74) is 8.17. The maximum absolute atomic E-state index is 13.4. The van der Waals surface area contributed by atoms with Gasteiger partial charge in [-0.15, -0.1) is 0 Å². The first-order valence-corrected chi connectivity index (χ1v) is 7.14. The molecule has 2 rings (SSSR count). The monoisotopic (exact) mass is 265 g/mol. The average Bonchev–Trinajstić information content (AvgIpc) is 2.76. The van der Waals surface area contributed by atoms with Crippen LogP contribution in [0.3, 0.4) is 0 Å². The highest BCUT2D eigenvalue weighted by Crippen LogP contribution is 2.33. The molecule has 1 unspecified atom stereocenters. The number of hydrogen-bond acceptors (Lipinski definition) is 3. The van der Waals surface area contributed by atoms with Gasteiger partial charge in [-0.05, 0) is 36.3 Å². The zero-order chi connectivity index (χ0) is 13.8. The Balaban J connectivity index is 2.04. The molecule has 1 aromatic rings. The molecule has 0 saturated carbocycles. The lowest BCUT2D eigenvalue weighted by molar-refractivity contribution is 0.180. The molecule has 0 radical (unpaired) electrons. The first-order valence-electron chi connectivity index (χ1n) is 7.14. The second-order valence-corrected chi connectivity index (χ2v) is 5.09. The molecule has 1 heterocycles. The van der Waals surface area contributed by atoms with Gasteiger partial charge in [-0.2, -0.15) is 0 Å². The van der Waals surface area contributed by atoms with Crippen LogP contribution in [0.4, 0.5) is 4.39 Å². The number of halogens is 1. The molecule has 1 aliphatic heterocycles. The fourth-order valence-electron chi connectivity index (χ4n) is 2.87. The Morgan fingerprint density at radius 2 is 2.11 bits per heavy atom. The molecular formula is C15H24FN3. The van der Waals surface area contributed by atoms with Crippen molar-refractivity contribution in [3.63, 3.8) is 0 Å². The summed E-state index contributed by atoms with van der Waals surface area (Å²) in [6, 6.07) is 5.25. The van der Waals surface area contributed by atoms with Crippen LogP contribution in [0.1, 0.15) is 31.0 Å². The Morgan fingerprint density at radius 3 is 2.74 bits per heavy atom. The molecule has 4 heteroatoms. The lowest BCUT2D eigenvalue weighted by Gasteiger charge is -2.27. The average molecular weight is 265 g/mol. The van der Waals surface area contributed by atoms with E-state index in [0.717, 1.165) is 38.3 Å². The van der Waals surface area contributed by atoms with Crippen LogP contribution >= 0.6 is 0 Å². The third-order valence-corrected chi connectivity index (χ3v) is 4.10. The van der Waals surface area contributed by atoms with Crippen LogP contribution < -0.4 is 5.73 Å². The van der Waals surface area contributed by atoms with Gasteiger partial charge in [-0.25, -0.2) is 4.39 Å². The zero-order valence-corrected chi connectivity index (χ0v) is 11.9. The Labute approximate surface area is 115 Å². The van der Waals surface area contributed by atoms with Crippen molar-refractivity contribution in [1.29, 1.82) is 0 Å². The van der Waals surface area contributed by atoms with Gasteiger partial charge >= 0.3 is 0 Å². The van der Waals surface area contributed by atoms with Gasteiger partial charge in [0.25, 0.3) is 0 Å². The molecule has 1 aliphatic rings. The van der Waals surface area contributed by atoms with E-state index in [0.29, 0.717) is 6.54 Å². The highest BCUT2D eigenvalue weighted by atomic mass is 19.1. The number of benzene rings is 1. The van der Waals surface area contributed by atoms with E-state index < -0.39 is 0 Å². The molecule has 2 N–H and O–H groups in total. The fraction of sp³-hybridized carbons (Fsp3) is 0.600. The number of likely N-dealkylation sites (N-methyl/N-ethyl adjacent to an activating group) is 1. The lowest BCUT2D eigenvalue weighted by atomic mass is 10.0. The summed E-state index contributed by atoms with van der Waals surface area (Å²) in [5.74, 6) is -0.164. The van der Waals surface area contributed by atoms with Crippen molar-refractivity contribution >= 4 is 0 Å². The van der Waals surface area contributed by atoms with Gasteiger partial charge in [-0.3, -0.25) is 4.90 Å². The number of rotatable bonds is 6. The van der Waals surface area contributed by atoms with E-state index in [4.69, 9.17) is 5.73 Å². The summed E-state index contributed by atoms with van der Waals surface area (Å²) in [6.07, 6.45) is 0. The van der Waals surface area contributed by atoms with Crippen molar-refractivity contribution in [3.8, 4) is 0 Å². The van der Waals surface area contributed by atoms with Crippen molar-refractivity contribution in [1.82, 2.24) is 9.80 Å². The van der Waals surface area contributed by atoms with Crippen LogP contribution in [0.5, 0.6) is 0 Å².